The number of hydrogen-bond acceptors (Lipinski definition) is 5. The summed E-state index contributed by atoms with van der Waals surface area (Å²) in [5, 5.41) is 0. The lowest BCUT2D eigenvalue weighted by molar-refractivity contribution is -0.125. The van der Waals surface area contributed by atoms with Gasteiger partial charge in [-0.25, -0.2) is 19.9 Å². The molecule has 2 aromatic rings. The van der Waals surface area contributed by atoms with Crippen molar-refractivity contribution in [2.45, 2.75) is 34.1 Å². The molecule has 2 aliphatic rings. The summed E-state index contributed by atoms with van der Waals surface area (Å²) in [6.45, 7) is 7.79. The van der Waals surface area contributed by atoms with E-state index in [0.29, 0.717) is 5.95 Å². The summed E-state index contributed by atoms with van der Waals surface area (Å²) in [6.07, 6.45) is 12.1. The number of carbonyl (C=O) groups excluding carboxylic acids is 1. The van der Waals surface area contributed by atoms with E-state index in [9.17, 15) is 4.79 Å². The highest BCUT2D eigenvalue weighted by Crippen LogP contribution is 2.49. The Bertz CT molecular complexity index is 926. The van der Waals surface area contributed by atoms with Crippen LogP contribution >= 0.6 is 0 Å². The summed E-state index contributed by atoms with van der Waals surface area (Å²) < 4.78 is 0. The Labute approximate surface area is 152 Å². The molecule has 1 fully saturated rings. The van der Waals surface area contributed by atoms with E-state index in [0.717, 1.165) is 34.6 Å². The van der Waals surface area contributed by atoms with E-state index in [4.69, 9.17) is 0 Å². The number of amides is 1. The summed E-state index contributed by atoms with van der Waals surface area (Å²) in [7, 11) is 0. The zero-order chi connectivity index (χ0) is 18.5. The van der Waals surface area contributed by atoms with Crippen LogP contribution in [0.4, 0.5) is 5.95 Å². The van der Waals surface area contributed by atoms with Crippen molar-refractivity contribution in [1.82, 2.24) is 19.9 Å². The van der Waals surface area contributed by atoms with Crippen LogP contribution < -0.4 is 4.90 Å². The molecule has 1 saturated heterocycles. The van der Waals surface area contributed by atoms with Crippen molar-refractivity contribution >= 4 is 17.4 Å². The zero-order valence-corrected chi connectivity index (χ0v) is 15.4. The number of aryl methyl sites for hydroxylation is 2. The Balaban J connectivity index is 1.79. The summed E-state index contributed by atoms with van der Waals surface area (Å²) in [5.74, 6) is 1.31. The van der Waals surface area contributed by atoms with Crippen LogP contribution in [0.2, 0.25) is 0 Å². The minimum Gasteiger partial charge on any atom is -0.273 e. The van der Waals surface area contributed by atoms with Crippen LogP contribution in [-0.2, 0) is 4.79 Å². The van der Waals surface area contributed by atoms with Crippen molar-refractivity contribution in [3.05, 3.63) is 59.6 Å². The van der Waals surface area contributed by atoms with Crippen LogP contribution in [0.5, 0.6) is 0 Å². The first kappa shape index (κ1) is 16.6. The highest BCUT2D eigenvalue weighted by molar-refractivity contribution is 6.03. The van der Waals surface area contributed by atoms with Crippen LogP contribution in [-0.4, -0.2) is 25.8 Å². The molecular formula is C20H21N5O. The minimum absolute atomic E-state index is 0.0346. The second kappa shape index (κ2) is 5.83. The van der Waals surface area contributed by atoms with Crippen LogP contribution in [0.25, 0.3) is 5.57 Å². The van der Waals surface area contributed by atoms with Gasteiger partial charge in [-0.1, -0.05) is 19.9 Å². The topological polar surface area (TPSA) is 71.9 Å². The lowest BCUT2D eigenvalue weighted by Crippen LogP contribution is -2.32. The fourth-order valence-electron chi connectivity index (χ4n) is 3.57. The first-order chi connectivity index (χ1) is 12.4. The Hall–Kier alpha value is -2.89. The van der Waals surface area contributed by atoms with Gasteiger partial charge in [0.15, 0.2) is 0 Å². The maximum Gasteiger partial charge on any atom is 0.240 e. The van der Waals surface area contributed by atoms with E-state index in [1.807, 2.05) is 40.1 Å². The smallest absolute Gasteiger partial charge is 0.240 e. The molecule has 0 N–H and O–H groups in total. The fourth-order valence-corrected chi connectivity index (χ4v) is 3.57. The summed E-state index contributed by atoms with van der Waals surface area (Å²) >= 11 is 0. The fraction of sp³-hybridized carbons (Fsp3) is 0.350. The van der Waals surface area contributed by atoms with Gasteiger partial charge in [0.1, 0.15) is 5.82 Å². The van der Waals surface area contributed by atoms with Gasteiger partial charge in [0.25, 0.3) is 0 Å². The SMILES string of the molecule is Cc1cnc(N2C(=O)C(C)(C)C3CC=C(c4cnc(C)nc4)C=C32)nc1. The number of carbonyl (C=O) groups is 1. The molecule has 1 unspecified atom stereocenters. The number of hydrogen-bond donors (Lipinski definition) is 0. The summed E-state index contributed by atoms with van der Waals surface area (Å²) in [5.41, 5.74) is 3.39. The third kappa shape index (κ3) is 2.53. The average Bonchev–Trinajstić information content (AvgIpc) is 2.83. The molecule has 1 aliphatic carbocycles. The van der Waals surface area contributed by atoms with Gasteiger partial charge in [-0.15, -0.1) is 0 Å². The second-order valence-corrected chi connectivity index (χ2v) is 7.46. The number of aromatic nitrogens is 4. The number of rotatable bonds is 2. The largest absolute Gasteiger partial charge is 0.273 e. The first-order valence-corrected chi connectivity index (χ1v) is 8.72. The van der Waals surface area contributed by atoms with Crippen molar-refractivity contribution in [3.8, 4) is 0 Å². The molecule has 4 rings (SSSR count). The molecule has 26 heavy (non-hydrogen) atoms. The molecule has 2 aromatic heterocycles. The van der Waals surface area contributed by atoms with E-state index in [1.54, 1.807) is 17.3 Å². The molecule has 1 amide bonds. The Morgan fingerprint density at radius 3 is 2.35 bits per heavy atom. The average molecular weight is 347 g/mol. The molecule has 0 bridgehead atoms. The molecule has 6 heteroatoms. The summed E-state index contributed by atoms with van der Waals surface area (Å²) in [6, 6.07) is 0. The van der Waals surface area contributed by atoms with E-state index < -0.39 is 5.41 Å². The van der Waals surface area contributed by atoms with Crippen LogP contribution in [0.15, 0.2) is 42.6 Å². The van der Waals surface area contributed by atoms with Crippen molar-refractivity contribution in [1.29, 1.82) is 0 Å². The van der Waals surface area contributed by atoms with Gasteiger partial charge >= 0.3 is 0 Å². The lowest BCUT2D eigenvalue weighted by atomic mass is 9.75. The maximum atomic E-state index is 13.1. The van der Waals surface area contributed by atoms with E-state index in [1.165, 1.54) is 0 Å². The molecule has 1 aliphatic heterocycles. The Morgan fingerprint density at radius 2 is 1.69 bits per heavy atom. The van der Waals surface area contributed by atoms with Crippen LogP contribution in [0.3, 0.4) is 0 Å². The lowest BCUT2D eigenvalue weighted by Gasteiger charge is -2.25. The van der Waals surface area contributed by atoms with Gasteiger partial charge in [0.2, 0.25) is 11.9 Å². The number of nitrogens with zero attached hydrogens (tertiary/aromatic N) is 5. The van der Waals surface area contributed by atoms with Crippen molar-refractivity contribution in [2.24, 2.45) is 11.3 Å². The first-order valence-electron chi connectivity index (χ1n) is 8.72. The quantitative estimate of drug-likeness (QED) is 0.834. The summed E-state index contributed by atoms with van der Waals surface area (Å²) in [4.78, 5) is 32.1. The van der Waals surface area contributed by atoms with Crippen molar-refractivity contribution in [2.75, 3.05) is 4.90 Å². The molecule has 1 atom stereocenters. The molecule has 0 spiro atoms. The van der Waals surface area contributed by atoms with E-state index in [2.05, 4.69) is 32.1 Å². The number of allylic oxidation sites excluding steroid dienone is 4. The van der Waals surface area contributed by atoms with Gasteiger partial charge in [-0.05, 0) is 37.5 Å². The number of anilines is 1. The third-order valence-electron chi connectivity index (χ3n) is 5.20. The predicted octanol–water partition coefficient (Wildman–Crippen LogP) is 3.24. The monoisotopic (exact) mass is 347 g/mol. The molecule has 0 aromatic carbocycles. The Kier molecular flexibility index (Phi) is 3.72. The zero-order valence-electron chi connectivity index (χ0n) is 15.4. The van der Waals surface area contributed by atoms with E-state index in [-0.39, 0.29) is 11.8 Å². The van der Waals surface area contributed by atoms with Gasteiger partial charge in [-0.2, -0.15) is 0 Å². The van der Waals surface area contributed by atoms with Crippen molar-refractivity contribution in [3.63, 3.8) is 0 Å². The third-order valence-corrected chi connectivity index (χ3v) is 5.20. The van der Waals surface area contributed by atoms with Crippen molar-refractivity contribution < 1.29 is 4.79 Å². The maximum absolute atomic E-state index is 13.1. The van der Waals surface area contributed by atoms with Gasteiger partial charge < -0.3 is 0 Å². The molecule has 0 radical (unpaired) electrons. The predicted molar refractivity (Wildman–Crippen MR) is 99.0 cm³/mol. The Morgan fingerprint density at radius 1 is 1.04 bits per heavy atom. The van der Waals surface area contributed by atoms with E-state index >= 15 is 0 Å². The highest BCUT2D eigenvalue weighted by Gasteiger charge is 2.52. The highest BCUT2D eigenvalue weighted by atomic mass is 16.2. The molecule has 132 valence electrons. The molecule has 6 nitrogen and oxygen atoms in total. The van der Waals surface area contributed by atoms with Crippen LogP contribution in [0.1, 0.15) is 37.2 Å². The molecule has 0 saturated carbocycles. The van der Waals surface area contributed by atoms with Gasteiger partial charge in [-0.3, -0.25) is 9.69 Å². The normalized spacial score (nSPS) is 21.3. The number of fused-ring (bicyclic) bond motifs is 1. The molecule has 3 heterocycles. The molecular weight excluding hydrogens is 326 g/mol. The van der Waals surface area contributed by atoms with Gasteiger partial charge in [0.05, 0.1) is 5.41 Å². The standard InChI is InChI=1S/C20H21N5O/c1-12-8-23-19(24-9-12)25-17-7-14(15-10-21-13(2)22-11-15)5-6-16(17)20(3,4)18(25)26/h5,7-11,16H,6H2,1-4H3. The van der Waals surface area contributed by atoms with Crippen LogP contribution in [0, 0.1) is 25.2 Å². The van der Waals surface area contributed by atoms with Gasteiger partial charge in [0, 0.05) is 42.0 Å². The second-order valence-electron chi connectivity index (χ2n) is 7.46. The minimum atomic E-state index is -0.494.